The second-order valence-electron chi connectivity index (χ2n) is 4.35. The number of rotatable bonds is 2. The molecule has 0 saturated heterocycles. The summed E-state index contributed by atoms with van der Waals surface area (Å²) in [7, 11) is 0. The van der Waals surface area contributed by atoms with E-state index in [2.05, 4.69) is 9.97 Å². The third kappa shape index (κ3) is 2.40. The Hall–Kier alpha value is -2.27. The number of imidazole rings is 1. The van der Waals surface area contributed by atoms with Crippen molar-refractivity contribution < 1.29 is 8.78 Å². The van der Waals surface area contributed by atoms with Crippen LogP contribution in [0.2, 0.25) is 0 Å². The fourth-order valence-electron chi connectivity index (χ4n) is 2.10. The van der Waals surface area contributed by atoms with Gasteiger partial charge in [-0.1, -0.05) is 24.3 Å². The normalized spacial score (nSPS) is 10.7. The molecule has 0 spiro atoms. The van der Waals surface area contributed by atoms with Crippen LogP contribution in [-0.2, 0) is 0 Å². The van der Waals surface area contributed by atoms with Gasteiger partial charge in [-0.15, -0.1) is 0 Å². The van der Waals surface area contributed by atoms with Crippen molar-refractivity contribution in [3.63, 3.8) is 0 Å². The van der Waals surface area contributed by atoms with E-state index in [0.717, 1.165) is 0 Å². The fourth-order valence-corrected chi connectivity index (χ4v) is 2.31. The fraction of sp³-hybridized carbons (Fsp3) is 0. The Kier molecular flexibility index (Phi) is 3.20. The van der Waals surface area contributed by atoms with Gasteiger partial charge in [-0.3, -0.25) is 0 Å². The average Bonchev–Trinajstić information content (AvgIpc) is 2.81. The molecule has 0 radical (unpaired) electrons. The van der Waals surface area contributed by atoms with Gasteiger partial charge in [0.05, 0.1) is 11.4 Å². The van der Waals surface area contributed by atoms with Gasteiger partial charge >= 0.3 is 0 Å². The third-order valence-electron chi connectivity index (χ3n) is 2.95. The van der Waals surface area contributed by atoms with Crippen LogP contribution in [0.4, 0.5) is 8.78 Å². The number of hydrogen-bond acceptors (Lipinski definition) is 1. The quantitative estimate of drug-likeness (QED) is 0.659. The molecule has 20 heavy (non-hydrogen) atoms. The van der Waals surface area contributed by atoms with E-state index in [0.29, 0.717) is 27.3 Å². The summed E-state index contributed by atoms with van der Waals surface area (Å²) in [4.78, 5) is 5.95. The Morgan fingerprint density at radius 1 is 0.750 bits per heavy atom. The maximum Gasteiger partial charge on any atom is 0.175 e. The van der Waals surface area contributed by atoms with E-state index in [-0.39, 0.29) is 11.6 Å². The summed E-state index contributed by atoms with van der Waals surface area (Å²) in [6.45, 7) is 0. The molecule has 0 bridgehead atoms. The van der Waals surface area contributed by atoms with Crippen molar-refractivity contribution in [2.45, 2.75) is 0 Å². The van der Waals surface area contributed by atoms with Gasteiger partial charge in [-0.2, -0.15) is 0 Å². The molecule has 0 unspecified atom stereocenters. The first-order valence-electron chi connectivity index (χ1n) is 5.97. The Labute approximate surface area is 119 Å². The molecule has 2 aromatic carbocycles. The first kappa shape index (κ1) is 12.7. The molecule has 0 saturated carbocycles. The minimum atomic E-state index is -0.340. The van der Waals surface area contributed by atoms with Crippen LogP contribution >= 0.6 is 12.2 Å². The lowest BCUT2D eigenvalue weighted by molar-refractivity contribution is 0.627. The molecule has 2 N–H and O–H groups in total. The van der Waals surface area contributed by atoms with Crippen molar-refractivity contribution in [2.24, 2.45) is 0 Å². The van der Waals surface area contributed by atoms with Crippen molar-refractivity contribution in [1.29, 1.82) is 0 Å². The van der Waals surface area contributed by atoms with Gasteiger partial charge in [0, 0.05) is 11.1 Å². The number of halogens is 2. The van der Waals surface area contributed by atoms with Crippen LogP contribution in [-0.4, -0.2) is 9.97 Å². The minimum Gasteiger partial charge on any atom is -0.330 e. The Bertz CT molecular complexity index is 754. The molecule has 3 aromatic rings. The van der Waals surface area contributed by atoms with E-state index in [9.17, 15) is 8.78 Å². The van der Waals surface area contributed by atoms with Crippen LogP contribution in [0.3, 0.4) is 0 Å². The number of H-pyrrole nitrogens is 2. The lowest BCUT2D eigenvalue weighted by Gasteiger charge is -2.04. The summed E-state index contributed by atoms with van der Waals surface area (Å²) >= 11 is 5.09. The standard InChI is InChI=1S/C15H10F2N2S/c16-11-5-1-3-9(7-11)13-14(19-15(20)18-13)10-4-2-6-12(17)8-10/h1-8H,(H2,18,19,20). The van der Waals surface area contributed by atoms with Crippen molar-refractivity contribution in [3.8, 4) is 22.5 Å². The minimum absolute atomic E-state index is 0.340. The molecule has 0 fully saturated rings. The molecular formula is C15H10F2N2S. The van der Waals surface area contributed by atoms with Crippen molar-refractivity contribution in [1.82, 2.24) is 9.97 Å². The molecule has 100 valence electrons. The van der Waals surface area contributed by atoms with E-state index >= 15 is 0 Å². The molecule has 0 aliphatic heterocycles. The van der Waals surface area contributed by atoms with Gasteiger partial charge in [0.15, 0.2) is 4.77 Å². The number of nitrogens with one attached hydrogen (secondary N) is 2. The zero-order valence-electron chi connectivity index (χ0n) is 10.3. The maximum atomic E-state index is 13.3. The molecule has 0 atom stereocenters. The second kappa shape index (κ2) is 5.02. The number of aromatic amines is 2. The van der Waals surface area contributed by atoms with Crippen LogP contribution in [0.1, 0.15) is 0 Å². The molecule has 1 heterocycles. The topological polar surface area (TPSA) is 31.6 Å². The van der Waals surface area contributed by atoms with Gasteiger partial charge in [-0.05, 0) is 36.5 Å². The van der Waals surface area contributed by atoms with Crippen LogP contribution in [0.15, 0.2) is 48.5 Å². The van der Waals surface area contributed by atoms with Crippen LogP contribution in [0.5, 0.6) is 0 Å². The predicted molar refractivity (Wildman–Crippen MR) is 76.8 cm³/mol. The molecule has 0 amide bonds. The van der Waals surface area contributed by atoms with E-state index < -0.39 is 0 Å². The van der Waals surface area contributed by atoms with Crippen molar-refractivity contribution in [3.05, 3.63) is 64.9 Å². The van der Waals surface area contributed by atoms with E-state index in [1.54, 1.807) is 24.3 Å². The van der Waals surface area contributed by atoms with Crippen molar-refractivity contribution >= 4 is 12.2 Å². The number of aromatic nitrogens is 2. The summed E-state index contributed by atoms with van der Waals surface area (Å²) in [5, 5.41) is 0. The molecular weight excluding hydrogens is 278 g/mol. The SMILES string of the molecule is Fc1cccc(-c2[nH]c(=S)[nH]c2-c2cccc(F)c2)c1. The highest BCUT2D eigenvalue weighted by Gasteiger charge is 2.11. The Morgan fingerprint density at radius 2 is 1.20 bits per heavy atom. The molecule has 2 nitrogen and oxygen atoms in total. The monoisotopic (exact) mass is 288 g/mol. The lowest BCUT2D eigenvalue weighted by Crippen LogP contribution is -1.86. The predicted octanol–water partition coefficient (Wildman–Crippen LogP) is 4.68. The molecule has 0 aliphatic rings. The van der Waals surface area contributed by atoms with Crippen LogP contribution in [0.25, 0.3) is 22.5 Å². The lowest BCUT2D eigenvalue weighted by atomic mass is 10.0. The first-order valence-corrected chi connectivity index (χ1v) is 6.38. The maximum absolute atomic E-state index is 13.3. The van der Waals surface area contributed by atoms with E-state index in [4.69, 9.17) is 12.2 Å². The number of hydrogen-bond donors (Lipinski definition) is 2. The molecule has 3 rings (SSSR count). The summed E-state index contributed by atoms with van der Waals surface area (Å²) in [5.41, 5.74) is 2.58. The van der Waals surface area contributed by atoms with E-state index in [1.807, 2.05) is 0 Å². The summed E-state index contributed by atoms with van der Waals surface area (Å²) in [6.07, 6.45) is 0. The molecule has 0 aliphatic carbocycles. The first-order chi connectivity index (χ1) is 9.63. The van der Waals surface area contributed by atoms with Crippen molar-refractivity contribution in [2.75, 3.05) is 0 Å². The molecule has 5 heteroatoms. The molecule has 1 aromatic heterocycles. The van der Waals surface area contributed by atoms with Crippen LogP contribution < -0.4 is 0 Å². The van der Waals surface area contributed by atoms with Gasteiger partial charge in [-0.25, -0.2) is 8.78 Å². The number of benzene rings is 2. The van der Waals surface area contributed by atoms with Gasteiger partial charge in [0.1, 0.15) is 11.6 Å². The van der Waals surface area contributed by atoms with Gasteiger partial charge in [0.25, 0.3) is 0 Å². The summed E-state index contributed by atoms with van der Waals surface area (Å²) in [6, 6.07) is 12.3. The summed E-state index contributed by atoms with van der Waals surface area (Å²) < 4.78 is 27.1. The highest BCUT2D eigenvalue weighted by molar-refractivity contribution is 7.71. The Morgan fingerprint density at radius 3 is 1.60 bits per heavy atom. The third-order valence-corrected chi connectivity index (χ3v) is 3.16. The van der Waals surface area contributed by atoms with E-state index in [1.165, 1.54) is 24.3 Å². The van der Waals surface area contributed by atoms with Gasteiger partial charge in [0.2, 0.25) is 0 Å². The largest absolute Gasteiger partial charge is 0.330 e. The Balaban J connectivity index is 2.21. The van der Waals surface area contributed by atoms with Gasteiger partial charge < -0.3 is 9.97 Å². The average molecular weight is 288 g/mol. The second-order valence-corrected chi connectivity index (χ2v) is 4.76. The summed E-state index contributed by atoms with van der Waals surface area (Å²) in [5.74, 6) is -0.679. The highest BCUT2D eigenvalue weighted by atomic mass is 32.1. The zero-order valence-corrected chi connectivity index (χ0v) is 11.1. The van der Waals surface area contributed by atoms with Crippen LogP contribution in [0, 0.1) is 16.4 Å². The highest BCUT2D eigenvalue weighted by Crippen LogP contribution is 2.29. The smallest absolute Gasteiger partial charge is 0.175 e. The zero-order chi connectivity index (χ0) is 14.1.